The van der Waals surface area contributed by atoms with E-state index in [2.05, 4.69) is 10.8 Å². The molecule has 0 aliphatic heterocycles. The van der Waals surface area contributed by atoms with Crippen LogP contribution in [0.2, 0.25) is 0 Å². The molecule has 20 heavy (non-hydrogen) atoms. The van der Waals surface area contributed by atoms with Gasteiger partial charge in [0, 0.05) is 0 Å². The van der Waals surface area contributed by atoms with Crippen LogP contribution in [0.4, 0.5) is 10.1 Å². The predicted octanol–water partition coefficient (Wildman–Crippen LogP) is 2.49. The number of hydrogen-bond donors (Lipinski definition) is 2. The zero-order chi connectivity index (χ0) is 14.2. The molecule has 2 rings (SSSR count). The first-order valence-corrected chi connectivity index (χ1v) is 6.18. The lowest BCUT2D eigenvalue weighted by Gasteiger charge is -2.08. The molecule has 0 atom stereocenters. The number of carbonyl (C=O) groups excluding carboxylic acids is 1. The van der Waals surface area contributed by atoms with Gasteiger partial charge >= 0.3 is 0 Å². The largest absolute Gasteiger partial charge is 0.322 e. The van der Waals surface area contributed by atoms with E-state index in [0.29, 0.717) is 6.61 Å². The highest BCUT2D eigenvalue weighted by molar-refractivity contribution is 5.92. The second-order valence-electron chi connectivity index (χ2n) is 4.12. The molecule has 0 aromatic heterocycles. The van der Waals surface area contributed by atoms with E-state index >= 15 is 0 Å². The number of carbonyl (C=O) groups is 1. The third kappa shape index (κ3) is 4.46. The number of nitrogens with one attached hydrogen (secondary N) is 2. The van der Waals surface area contributed by atoms with E-state index in [4.69, 9.17) is 4.84 Å². The van der Waals surface area contributed by atoms with Crippen molar-refractivity contribution in [1.29, 1.82) is 0 Å². The Bertz CT molecular complexity index is 561. The summed E-state index contributed by atoms with van der Waals surface area (Å²) in [5, 5.41) is 2.45. The molecule has 2 aromatic carbocycles. The first-order valence-electron chi connectivity index (χ1n) is 6.18. The van der Waals surface area contributed by atoms with Crippen molar-refractivity contribution < 1.29 is 14.0 Å². The maximum atomic E-state index is 13.3. The van der Waals surface area contributed by atoms with E-state index < -0.39 is 5.82 Å². The van der Waals surface area contributed by atoms with Crippen molar-refractivity contribution in [3.8, 4) is 0 Å². The summed E-state index contributed by atoms with van der Waals surface area (Å²) in [6.07, 6.45) is 0. The number of para-hydroxylation sites is 1. The zero-order valence-electron chi connectivity index (χ0n) is 10.8. The second kappa shape index (κ2) is 7.37. The van der Waals surface area contributed by atoms with Gasteiger partial charge in [0.2, 0.25) is 5.91 Å². The Labute approximate surface area is 116 Å². The molecule has 0 saturated heterocycles. The van der Waals surface area contributed by atoms with Gasteiger partial charge in [-0.1, -0.05) is 42.5 Å². The number of hydroxylamine groups is 1. The first kappa shape index (κ1) is 14.2. The van der Waals surface area contributed by atoms with Gasteiger partial charge in [0.25, 0.3) is 0 Å². The maximum absolute atomic E-state index is 13.3. The summed E-state index contributed by atoms with van der Waals surface area (Å²) < 4.78 is 13.3. The van der Waals surface area contributed by atoms with Crippen molar-refractivity contribution in [3.05, 3.63) is 66.0 Å². The summed E-state index contributed by atoms with van der Waals surface area (Å²) in [6.45, 7) is 0.301. The monoisotopic (exact) mass is 274 g/mol. The van der Waals surface area contributed by atoms with Crippen LogP contribution in [-0.2, 0) is 16.2 Å². The Morgan fingerprint density at radius 2 is 1.75 bits per heavy atom. The van der Waals surface area contributed by atoms with Crippen LogP contribution in [0.3, 0.4) is 0 Å². The quantitative estimate of drug-likeness (QED) is 0.628. The lowest BCUT2D eigenvalue weighted by Crippen LogP contribution is -2.28. The maximum Gasteiger partial charge on any atom is 0.240 e. The van der Waals surface area contributed by atoms with E-state index in [9.17, 15) is 9.18 Å². The SMILES string of the molecule is O=C(CNOCc1ccccc1)Nc1ccccc1F. The normalized spacial score (nSPS) is 10.2. The van der Waals surface area contributed by atoms with Crippen LogP contribution in [-0.4, -0.2) is 12.5 Å². The van der Waals surface area contributed by atoms with Crippen LogP contribution in [0, 0.1) is 5.82 Å². The Morgan fingerprint density at radius 3 is 2.50 bits per heavy atom. The van der Waals surface area contributed by atoms with Gasteiger partial charge in [-0.05, 0) is 17.7 Å². The van der Waals surface area contributed by atoms with Gasteiger partial charge in [0.15, 0.2) is 0 Å². The Morgan fingerprint density at radius 1 is 1.05 bits per heavy atom. The van der Waals surface area contributed by atoms with Crippen LogP contribution in [0.25, 0.3) is 0 Å². The van der Waals surface area contributed by atoms with Gasteiger partial charge in [-0.15, -0.1) is 0 Å². The standard InChI is InChI=1S/C15H15FN2O2/c16-13-8-4-5-9-14(13)18-15(19)10-17-20-11-12-6-2-1-3-7-12/h1-9,17H,10-11H2,(H,18,19). The lowest BCUT2D eigenvalue weighted by atomic mass is 10.2. The van der Waals surface area contributed by atoms with Crippen LogP contribution >= 0.6 is 0 Å². The van der Waals surface area contributed by atoms with Crippen molar-refractivity contribution in [2.75, 3.05) is 11.9 Å². The van der Waals surface area contributed by atoms with Crippen LogP contribution in [0.15, 0.2) is 54.6 Å². The van der Waals surface area contributed by atoms with Gasteiger partial charge in [-0.3, -0.25) is 9.63 Å². The fourth-order valence-electron chi connectivity index (χ4n) is 1.58. The smallest absolute Gasteiger partial charge is 0.240 e. The Hall–Kier alpha value is -2.24. The molecule has 5 heteroatoms. The summed E-state index contributed by atoms with van der Waals surface area (Å²) in [6, 6.07) is 15.6. The Kier molecular flexibility index (Phi) is 5.23. The lowest BCUT2D eigenvalue weighted by molar-refractivity contribution is -0.118. The predicted molar refractivity (Wildman–Crippen MR) is 74.3 cm³/mol. The third-order valence-corrected chi connectivity index (χ3v) is 2.56. The Balaban J connectivity index is 1.69. The molecule has 0 heterocycles. The molecule has 2 aromatic rings. The average molecular weight is 274 g/mol. The van der Waals surface area contributed by atoms with Gasteiger partial charge in [0.05, 0.1) is 12.3 Å². The van der Waals surface area contributed by atoms with Gasteiger partial charge < -0.3 is 5.32 Å². The molecule has 0 aliphatic carbocycles. The number of rotatable bonds is 6. The minimum absolute atomic E-state index is 0.0544. The van der Waals surface area contributed by atoms with Crippen molar-refractivity contribution in [2.24, 2.45) is 0 Å². The molecular formula is C15H15FN2O2. The van der Waals surface area contributed by atoms with Gasteiger partial charge in [-0.25, -0.2) is 4.39 Å². The molecule has 0 fully saturated rings. The second-order valence-corrected chi connectivity index (χ2v) is 4.12. The minimum Gasteiger partial charge on any atom is -0.322 e. The van der Waals surface area contributed by atoms with E-state index in [1.54, 1.807) is 12.1 Å². The molecule has 0 spiro atoms. The van der Waals surface area contributed by atoms with Crippen LogP contribution < -0.4 is 10.8 Å². The van der Waals surface area contributed by atoms with Crippen LogP contribution in [0.1, 0.15) is 5.56 Å². The number of amides is 1. The van der Waals surface area contributed by atoms with Gasteiger partial charge in [-0.2, -0.15) is 5.48 Å². The first-order chi connectivity index (χ1) is 9.75. The molecular weight excluding hydrogens is 259 g/mol. The number of anilines is 1. The van der Waals surface area contributed by atoms with Gasteiger partial charge in [0.1, 0.15) is 12.4 Å². The summed E-state index contributed by atoms with van der Waals surface area (Å²) in [5.74, 6) is -0.839. The van der Waals surface area contributed by atoms with E-state index in [1.807, 2.05) is 30.3 Å². The fraction of sp³-hybridized carbons (Fsp3) is 0.133. The fourth-order valence-corrected chi connectivity index (χ4v) is 1.58. The summed E-state index contributed by atoms with van der Waals surface area (Å²) in [5.41, 5.74) is 3.69. The highest BCUT2D eigenvalue weighted by Crippen LogP contribution is 2.11. The van der Waals surface area contributed by atoms with E-state index in [-0.39, 0.29) is 18.1 Å². The highest BCUT2D eigenvalue weighted by Gasteiger charge is 2.05. The molecule has 0 aliphatic rings. The molecule has 2 N–H and O–H groups in total. The number of benzene rings is 2. The number of hydrogen-bond acceptors (Lipinski definition) is 3. The summed E-state index contributed by atoms with van der Waals surface area (Å²) in [4.78, 5) is 16.7. The molecule has 0 unspecified atom stereocenters. The molecule has 4 nitrogen and oxygen atoms in total. The van der Waals surface area contributed by atoms with Crippen molar-refractivity contribution in [3.63, 3.8) is 0 Å². The molecule has 104 valence electrons. The molecule has 0 saturated carbocycles. The topological polar surface area (TPSA) is 50.4 Å². The molecule has 1 amide bonds. The molecule has 0 bridgehead atoms. The molecule has 0 radical (unpaired) electrons. The van der Waals surface area contributed by atoms with Crippen LogP contribution in [0.5, 0.6) is 0 Å². The highest BCUT2D eigenvalue weighted by atomic mass is 19.1. The minimum atomic E-state index is -0.467. The summed E-state index contributed by atoms with van der Waals surface area (Å²) >= 11 is 0. The van der Waals surface area contributed by atoms with E-state index in [1.165, 1.54) is 12.1 Å². The number of halogens is 1. The van der Waals surface area contributed by atoms with Crippen molar-refractivity contribution >= 4 is 11.6 Å². The van der Waals surface area contributed by atoms with Crippen molar-refractivity contribution in [2.45, 2.75) is 6.61 Å². The van der Waals surface area contributed by atoms with Crippen molar-refractivity contribution in [1.82, 2.24) is 5.48 Å². The summed E-state index contributed by atoms with van der Waals surface area (Å²) in [7, 11) is 0. The zero-order valence-corrected chi connectivity index (χ0v) is 10.8. The average Bonchev–Trinajstić information content (AvgIpc) is 2.47. The van der Waals surface area contributed by atoms with E-state index in [0.717, 1.165) is 5.56 Å². The third-order valence-electron chi connectivity index (χ3n) is 2.56.